The van der Waals surface area contributed by atoms with Gasteiger partial charge in [-0.1, -0.05) is 0 Å². The quantitative estimate of drug-likeness (QED) is 0.437. The number of allylic oxidation sites excluding steroid dienone is 8. The van der Waals surface area contributed by atoms with Crippen LogP contribution in [0.2, 0.25) is 17.3 Å². The maximum atomic E-state index is 6.75. The molecule has 5 heteroatoms. The van der Waals surface area contributed by atoms with E-state index in [0.717, 1.165) is 0 Å². The van der Waals surface area contributed by atoms with Gasteiger partial charge in [0.15, 0.2) is 0 Å². The van der Waals surface area contributed by atoms with Crippen LogP contribution in [0.5, 0.6) is 11.5 Å². The number of hydrogen-bond acceptors (Lipinski definition) is 2. The molecule has 0 saturated heterocycles. The van der Waals surface area contributed by atoms with Crippen LogP contribution in [0.4, 0.5) is 0 Å². The first-order valence-electron chi connectivity index (χ1n) is 8.76. The van der Waals surface area contributed by atoms with Crippen molar-refractivity contribution in [2.24, 2.45) is 0 Å². The van der Waals surface area contributed by atoms with E-state index < -0.39 is 21.1 Å². The van der Waals surface area contributed by atoms with Crippen molar-refractivity contribution < 1.29 is 26.8 Å². The minimum absolute atomic E-state index is 0.0873. The Kier molecular flexibility index (Phi) is 5.73. The Bertz CT molecular complexity index is 847. The van der Waals surface area contributed by atoms with Gasteiger partial charge in [0.25, 0.3) is 0 Å². The van der Waals surface area contributed by atoms with Crippen molar-refractivity contribution in [2.75, 3.05) is 0 Å². The van der Waals surface area contributed by atoms with Crippen molar-refractivity contribution in [3.8, 4) is 11.5 Å². The molecule has 2 aliphatic carbocycles. The first-order valence-corrected chi connectivity index (χ1v) is 14.4. The molecule has 0 heterocycles. The van der Waals surface area contributed by atoms with Gasteiger partial charge in [-0.15, -0.1) is 0 Å². The second-order valence-electron chi connectivity index (χ2n) is 6.38. The topological polar surface area (TPSA) is 18.5 Å². The molecular weight excluding hydrogens is 458 g/mol. The molecule has 0 aromatic heterocycles. The van der Waals surface area contributed by atoms with Crippen molar-refractivity contribution in [1.29, 1.82) is 0 Å². The average Bonchev–Trinajstić information content (AvgIpc) is 3.39. The Morgan fingerprint density at radius 1 is 0.593 bits per heavy atom. The first-order chi connectivity index (χ1) is 13.2. The molecule has 0 spiro atoms. The molecular formula is C22H18Cl2O2Zr. The van der Waals surface area contributed by atoms with Crippen molar-refractivity contribution in [3.05, 3.63) is 107 Å². The molecule has 0 bridgehead atoms. The van der Waals surface area contributed by atoms with Crippen molar-refractivity contribution in [1.82, 2.24) is 0 Å². The van der Waals surface area contributed by atoms with E-state index in [1.54, 1.807) is 0 Å². The van der Waals surface area contributed by atoms with Crippen LogP contribution in [0.3, 0.4) is 0 Å². The zero-order valence-corrected chi connectivity index (χ0v) is 18.4. The molecule has 0 aliphatic heterocycles. The number of para-hydroxylation sites is 2. The summed E-state index contributed by atoms with van der Waals surface area (Å²) in [6.07, 6.45) is 16.8. The third kappa shape index (κ3) is 3.87. The Hall–Kier alpha value is -1.54. The van der Waals surface area contributed by atoms with Gasteiger partial charge in [-0.05, 0) is 0 Å². The first kappa shape index (κ1) is 18.8. The van der Waals surface area contributed by atoms with Gasteiger partial charge in [-0.2, -0.15) is 0 Å². The van der Waals surface area contributed by atoms with Crippen molar-refractivity contribution >= 4 is 23.2 Å². The van der Waals surface area contributed by atoms with Gasteiger partial charge in [0.1, 0.15) is 0 Å². The molecule has 136 valence electrons. The van der Waals surface area contributed by atoms with Crippen LogP contribution in [-0.4, -0.2) is 0 Å². The van der Waals surface area contributed by atoms with Crippen LogP contribution in [0.25, 0.3) is 0 Å². The summed E-state index contributed by atoms with van der Waals surface area (Å²) < 4.78 is 13.7. The van der Waals surface area contributed by atoms with Gasteiger partial charge in [0.05, 0.1) is 0 Å². The molecule has 0 amide bonds. The summed E-state index contributed by atoms with van der Waals surface area (Å²) in [7, 11) is 0. The van der Waals surface area contributed by atoms with Gasteiger partial charge in [-0.25, -0.2) is 0 Å². The normalized spacial score (nSPS) is 16.4. The zero-order valence-electron chi connectivity index (χ0n) is 14.5. The third-order valence-electron chi connectivity index (χ3n) is 4.64. The van der Waals surface area contributed by atoms with Crippen LogP contribution in [0.1, 0.15) is 0 Å². The van der Waals surface area contributed by atoms with E-state index in [0.29, 0.717) is 21.5 Å². The van der Waals surface area contributed by atoms with Crippen LogP contribution < -0.4 is 5.63 Å². The van der Waals surface area contributed by atoms with Crippen molar-refractivity contribution in [2.45, 2.75) is 7.25 Å². The van der Waals surface area contributed by atoms with E-state index in [2.05, 4.69) is 24.3 Å². The molecule has 0 atom stereocenters. The molecule has 0 saturated carbocycles. The standard InChI is InChI=1S/2C6H5ClO.2C5H5.Zr/c2*7-5-3-1-2-4-6(5)8;2*1-2-4-5-3-1;/h2*1-4,8H;2*1-5H;/q;;;;+2/p-2. The summed E-state index contributed by atoms with van der Waals surface area (Å²) in [5.74, 6) is 1.31. The Morgan fingerprint density at radius 3 is 1.33 bits per heavy atom. The van der Waals surface area contributed by atoms with Crippen molar-refractivity contribution in [3.63, 3.8) is 0 Å². The molecule has 2 aromatic carbocycles. The minimum atomic E-state index is -3.97. The van der Waals surface area contributed by atoms with Crippen LogP contribution in [0, 0.1) is 0 Å². The van der Waals surface area contributed by atoms with E-state index in [1.165, 1.54) is 0 Å². The van der Waals surface area contributed by atoms with Crippen LogP contribution in [-0.2, 0) is 21.1 Å². The summed E-state index contributed by atoms with van der Waals surface area (Å²) in [5.41, 5.74) is 0. The van der Waals surface area contributed by atoms with Gasteiger partial charge in [0, 0.05) is 0 Å². The average molecular weight is 477 g/mol. The maximum absolute atomic E-state index is 6.75. The second-order valence-corrected chi connectivity index (χ2v) is 15.0. The summed E-state index contributed by atoms with van der Waals surface area (Å²) in [6, 6.07) is 15.1. The molecule has 4 rings (SSSR count). The number of rotatable bonds is 6. The molecule has 0 radical (unpaired) electrons. The number of hydrogen-bond donors (Lipinski definition) is 0. The molecule has 0 fully saturated rings. The molecule has 0 N–H and O–H groups in total. The zero-order chi connectivity index (χ0) is 18.7. The van der Waals surface area contributed by atoms with Gasteiger partial charge < -0.3 is 0 Å². The monoisotopic (exact) mass is 474 g/mol. The Morgan fingerprint density at radius 2 is 0.963 bits per heavy atom. The van der Waals surface area contributed by atoms with E-state index in [1.807, 2.05) is 72.8 Å². The Labute approximate surface area is 175 Å². The number of benzene rings is 2. The van der Waals surface area contributed by atoms with Crippen LogP contribution in [0.15, 0.2) is 97.1 Å². The van der Waals surface area contributed by atoms with Gasteiger partial charge in [0.2, 0.25) is 0 Å². The van der Waals surface area contributed by atoms with E-state index >= 15 is 0 Å². The Balaban J connectivity index is 1.83. The molecule has 2 nitrogen and oxygen atoms in total. The predicted octanol–water partition coefficient (Wildman–Crippen LogP) is 7.26. The summed E-state index contributed by atoms with van der Waals surface area (Å²) >= 11 is 8.89. The van der Waals surface area contributed by atoms with E-state index in [-0.39, 0.29) is 7.25 Å². The predicted molar refractivity (Wildman–Crippen MR) is 108 cm³/mol. The molecule has 27 heavy (non-hydrogen) atoms. The second kappa shape index (κ2) is 8.23. The summed E-state index contributed by atoms with van der Waals surface area (Å²) in [6.45, 7) is 0. The van der Waals surface area contributed by atoms with E-state index in [4.69, 9.17) is 28.8 Å². The summed E-state index contributed by atoms with van der Waals surface area (Å²) in [5, 5.41) is 1.16. The third-order valence-corrected chi connectivity index (χ3v) is 14.4. The summed E-state index contributed by atoms with van der Waals surface area (Å²) in [4.78, 5) is 0. The fourth-order valence-corrected chi connectivity index (χ4v) is 12.8. The SMILES string of the molecule is Clc1ccccc1[O][Zr]([O]c1ccccc1Cl)([CH]1C=CC=C1)[CH]1C=CC=C1. The fraction of sp³-hybridized carbons (Fsp3) is 0.0909. The van der Waals surface area contributed by atoms with Gasteiger partial charge in [-0.3, -0.25) is 0 Å². The molecule has 0 unspecified atom stereocenters. The molecule has 2 aliphatic rings. The molecule has 2 aromatic rings. The van der Waals surface area contributed by atoms with Gasteiger partial charge >= 0.3 is 176 Å². The fourth-order valence-electron chi connectivity index (χ4n) is 3.31. The van der Waals surface area contributed by atoms with E-state index in [9.17, 15) is 0 Å². The van der Waals surface area contributed by atoms with Crippen LogP contribution >= 0.6 is 23.2 Å². The number of halogens is 2.